The maximum Gasteiger partial charge on any atom is 0.356 e. The number of nitrogens with zero attached hydrogens (tertiary/aromatic N) is 2. The van der Waals surface area contributed by atoms with Crippen LogP contribution in [0.1, 0.15) is 10.5 Å². The van der Waals surface area contributed by atoms with Gasteiger partial charge in [0.05, 0.1) is 20.4 Å². The average Bonchev–Trinajstić information content (AvgIpc) is 2.75. The Bertz CT molecular complexity index is 504. The molecule has 5 nitrogen and oxygen atoms in total. The van der Waals surface area contributed by atoms with Crippen molar-refractivity contribution in [1.82, 2.24) is 9.61 Å². The molecule has 0 amide bonds. The van der Waals surface area contributed by atoms with Gasteiger partial charge in [-0.3, -0.25) is 0 Å². The van der Waals surface area contributed by atoms with Gasteiger partial charge in [-0.15, -0.1) is 0 Å². The largest absolute Gasteiger partial charge is 0.494 e. The van der Waals surface area contributed by atoms with Gasteiger partial charge in [0.1, 0.15) is 11.3 Å². The number of ether oxygens (including phenoxy) is 2. The summed E-state index contributed by atoms with van der Waals surface area (Å²) in [4.78, 5) is 11.4. The highest BCUT2D eigenvalue weighted by Crippen LogP contribution is 2.20. The van der Waals surface area contributed by atoms with Gasteiger partial charge >= 0.3 is 5.97 Å². The lowest BCUT2D eigenvalue weighted by molar-refractivity contribution is 0.0591. The van der Waals surface area contributed by atoms with Gasteiger partial charge in [0.15, 0.2) is 5.69 Å². The Labute approximate surface area is 86.2 Å². The normalized spacial score (nSPS) is 10.3. The van der Waals surface area contributed by atoms with Crippen LogP contribution in [0.5, 0.6) is 5.75 Å². The second-order valence-electron chi connectivity index (χ2n) is 2.91. The minimum absolute atomic E-state index is 0.373. The van der Waals surface area contributed by atoms with Crippen molar-refractivity contribution in [3.63, 3.8) is 0 Å². The quantitative estimate of drug-likeness (QED) is 0.691. The van der Waals surface area contributed by atoms with Gasteiger partial charge < -0.3 is 9.47 Å². The lowest BCUT2D eigenvalue weighted by Crippen LogP contribution is -2.09. The predicted octanol–water partition coefficient (Wildman–Crippen LogP) is 1.13. The van der Waals surface area contributed by atoms with E-state index in [0.717, 1.165) is 5.52 Å². The first-order valence-corrected chi connectivity index (χ1v) is 4.37. The van der Waals surface area contributed by atoms with E-state index in [-0.39, 0.29) is 0 Å². The first-order chi connectivity index (χ1) is 7.27. The van der Waals surface area contributed by atoms with E-state index in [9.17, 15) is 4.79 Å². The first-order valence-electron chi connectivity index (χ1n) is 4.37. The van der Waals surface area contributed by atoms with Crippen LogP contribution < -0.4 is 4.74 Å². The van der Waals surface area contributed by atoms with Crippen LogP contribution in [0.4, 0.5) is 0 Å². The molecular formula is C10H10N2O3. The summed E-state index contributed by atoms with van der Waals surface area (Å²) < 4.78 is 11.3. The van der Waals surface area contributed by atoms with Gasteiger partial charge in [-0.1, -0.05) is 0 Å². The van der Waals surface area contributed by atoms with Crippen molar-refractivity contribution in [2.45, 2.75) is 0 Å². The van der Waals surface area contributed by atoms with Crippen molar-refractivity contribution >= 4 is 11.5 Å². The number of hydrogen-bond acceptors (Lipinski definition) is 4. The maximum atomic E-state index is 11.4. The number of pyridine rings is 1. The fourth-order valence-electron chi connectivity index (χ4n) is 1.42. The Morgan fingerprint density at radius 1 is 1.33 bits per heavy atom. The van der Waals surface area contributed by atoms with E-state index < -0.39 is 5.97 Å². The predicted molar refractivity (Wildman–Crippen MR) is 53.1 cm³/mol. The molecule has 2 aromatic heterocycles. The summed E-state index contributed by atoms with van der Waals surface area (Å²) in [5.74, 6) is 0.242. The van der Waals surface area contributed by atoms with Crippen molar-refractivity contribution in [3.8, 4) is 5.75 Å². The molecule has 2 heterocycles. The van der Waals surface area contributed by atoms with E-state index in [2.05, 4.69) is 9.84 Å². The topological polar surface area (TPSA) is 52.8 Å². The van der Waals surface area contributed by atoms with E-state index in [4.69, 9.17) is 4.74 Å². The third kappa shape index (κ3) is 1.41. The molecule has 2 rings (SSSR count). The maximum absolute atomic E-state index is 11.4. The van der Waals surface area contributed by atoms with Crippen LogP contribution in [0, 0.1) is 0 Å². The van der Waals surface area contributed by atoms with Crippen LogP contribution in [0.3, 0.4) is 0 Å². The fourth-order valence-corrected chi connectivity index (χ4v) is 1.42. The summed E-state index contributed by atoms with van der Waals surface area (Å²) in [5, 5.41) is 4.03. The Balaban J connectivity index is 2.68. The average molecular weight is 206 g/mol. The number of methoxy groups -OCH3 is 2. The lowest BCUT2D eigenvalue weighted by atomic mass is 10.3. The summed E-state index contributed by atoms with van der Waals surface area (Å²) in [6.45, 7) is 0. The third-order valence-electron chi connectivity index (χ3n) is 2.13. The minimum atomic E-state index is -0.425. The molecule has 0 atom stereocenters. The summed E-state index contributed by atoms with van der Waals surface area (Å²) in [6.07, 6.45) is 1.60. The van der Waals surface area contributed by atoms with Crippen LogP contribution >= 0.6 is 0 Å². The first kappa shape index (κ1) is 9.51. The van der Waals surface area contributed by atoms with Crippen LogP contribution in [0.2, 0.25) is 0 Å². The second kappa shape index (κ2) is 3.61. The van der Waals surface area contributed by atoms with Crippen LogP contribution in [-0.2, 0) is 4.74 Å². The van der Waals surface area contributed by atoms with Gasteiger partial charge in [0.2, 0.25) is 0 Å². The Hall–Kier alpha value is -2.04. The van der Waals surface area contributed by atoms with Crippen molar-refractivity contribution < 1.29 is 14.3 Å². The molecule has 0 bridgehead atoms. The summed E-state index contributed by atoms with van der Waals surface area (Å²) in [7, 11) is 2.90. The molecule has 5 heteroatoms. The number of aromatic nitrogens is 2. The van der Waals surface area contributed by atoms with Gasteiger partial charge in [0.25, 0.3) is 0 Å². The van der Waals surface area contributed by atoms with Crippen molar-refractivity contribution in [2.24, 2.45) is 0 Å². The third-order valence-corrected chi connectivity index (χ3v) is 2.13. The highest BCUT2D eigenvalue weighted by Gasteiger charge is 2.13. The minimum Gasteiger partial charge on any atom is -0.494 e. The molecule has 0 fully saturated rings. The highest BCUT2D eigenvalue weighted by molar-refractivity contribution is 5.89. The van der Waals surface area contributed by atoms with E-state index in [1.54, 1.807) is 31.5 Å². The molecule has 0 radical (unpaired) electrons. The molecule has 0 aliphatic rings. The van der Waals surface area contributed by atoms with Gasteiger partial charge in [-0.05, 0) is 18.2 Å². The van der Waals surface area contributed by atoms with Crippen molar-refractivity contribution in [1.29, 1.82) is 0 Å². The van der Waals surface area contributed by atoms with Gasteiger partial charge in [0, 0.05) is 0 Å². The molecule has 2 aromatic rings. The number of rotatable bonds is 2. The number of carbonyl (C=O) groups excluding carboxylic acids is 1. The molecule has 0 saturated heterocycles. The van der Waals surface area contributed by atoms with Crippen LogP contribution in [0.25, 0.3) is 5.52 Å². The SMILES string of the molecule is COC(=O)c1ccc(OC)c2ccnn12. The number of fused-ring (bicyclic) bond motifs is 1. The molecule has 0 aliphatic carbocycles. The summed E-state index contributed by atoms with van der Waals surface area (Å²) in [5.41, 5.74) is 1.11. The fraction of sp³-hybridized carbons (Fsp3) is 0.200. The standard InChI is InChI=1S/C10H10N2O3/c1-14-9-4-3-8(10(13)15-2)12-7(9)5-6-11-12/h3-6H,1-2H3. The van der Waals surface area contributed by atoms with Crippen molar-refractivity contribution in [3.05, 3.63) is 30.1 Å². The zero-order valence-electron chi connectivity index (χ0n) is 8.43. The summed E-state index contributed by atoms with van der Waals surface area (Å²) >= 11 is 0. The molecule has 0 unspecified atom stereocenters. The number of esters is 1. The van der Waals surface area contributed by atoms with Crippen LogP contribution in [-0.4, -0.2) is 29.8 Å². The molecule has 15 heavy (non-hydrogen) atoms. The summed E-state index contributed by atoms with van der Waals surface area (Å²) in [6, 6.07) is 5.10. The highest BCUT2D eigenvalue weighted by atomic mass is 16.5. The molecule has 0 aromatic carbocycles. The van der Waals surface area contributed by atoms with E-state index in [0.29, 0.717) is 11.4 Å². The molecule has 0 spiro atoms. The number of carbonyl (C=O) groups is 1. The van der Waals surface area contributed by atoms with Crippen LogP contribution in [0.15, 0.2) is 24.4 Å². The zero-order chi connectivity index (χ0) is 10.8. The molecule has 0 saturated carbocycles. The molecule has 78 valence electrons. The number of hydrogen-bond donors (Lipinski definition) is 0. The smallest absolute Gasteiger partial charge is 0.356 e. The molecule has 0 aliphatic heterocycles. The Kier molecular flexibility index (Phi) is 2.29. The van der Waals surface area contributed by atoms with Gasteiger partial charge in [-0.2, -0.15) is 5.10 Å². The zero-order valence-corrected chi connectivity index (χ0v) is 8.43. The second-order valence-corrected chi connectivity index (χ2v) is 2.91. The monoisotopic (exact) mass is 206 g/mol. The van der Waals surface area contributed by atoms with E-state index >= 15 is 0 Å². The van der Waals surface area contributed by atoms with Crippen molar-refractivity contribution in [2.75, 3.05) is 14.2 Å². The molecule has 0 N–H and O–H groups in total. The van der Waals surface area contributed by atoms with Gasteiger partial charge in [-0.25, -0.2) is 9.31 Å². The Morgan fingerprint density at radius 2 is 2.13 bits per heavy atom. The Morgan fingerprint density at radius 3 is 2.80 bits per heavy atom. The van der Waals surface area contributed by atoms with E-state index in [1.165, 1.54) is 11.6 Å². The lowest BCUT2D eigenvalue weighted by Gasteiger charge is -2.06. The molecular weight excluding hydrogens is 196 g/mol. The van der Waals surface area contributed by atoms with E-state index in [1.807, 2.05) is 0 Å².